The monoisotopic (exact) mass is 864 g/mol. The van der Waals surface area contributed by atoms with Crippen LogP contribution in [0, 0.1) is 46.3 Å². The highest BCUT2D eigenvalue weighted by Crippen LogP contribution is 2.67. The molecule has 62 heavy (non-hydrogen) atoms. The van der Waals surface area contributed by atoms with Gasteiger partial charge in [0, 0.05) is 19.8 Å². The van der Waals surface area contributed by atoms with Gasteiger partial charge in [0.15, 0.2) is 0 Å². The lowest BCUT2D eigenvalue weighted by Crippen LogP contribution is -2.51. The van der Waals surface area contributed by atoms with E-state index in [2.05, 4.69) is 97.8 Å². The summed E-state index contributed by atoms with van der Waals surface area (Å²) in [6, 6.07) is 0. The minimum atomic E-state index is 0.0267. The molecule has 0 aromatic heterocycles. The first-order chi connectivity index (χ1) is 30.0. The zero-order chi connectivity index (χ0) is 44.6. The predicted octanol–water partition coefficient (Wildman–Crippen LogP) is 16.9. The Balaban J connectivity index is 0.983. The van der Waals surface area contributed by atoms with Gasteiger partial charge in [0.1, 0.15) is 6.23 Å². The topological polar surface area (TPSA) is 30.9 Å². The zero-order valence-electron chi connectivity index (χ0n) is 42.9. The second kappa shape index (κ2) is 29.6. The fourth-order valence-corrected chi connectivity index (χ4v) is 13.3. The van der Waals surface area contributed by atoms with Crippen molar-refractivity contribution in [2.75, 3.05) is 33.9 Å². The Kier molecular flexibility index (Phi) is 25.7. The van der Waals surface area contributed by atoms with Gasteiger partial charge in [-0.2, -0.15) is 0 Å². The number of fused-ring (bicyclic) bond motifs is 5. The van der Waals surface area contributed by atoms with Gasteiger partial charge in [0.05, 0.1) is 12.2 Å². The first-order valence-corrected chi connectivity index (χ1v) is 27.5. The SMILES string of the molecule is CCCCC/C=C\C/C=C\CCCCCCCCOC([C@@H](C)OCCCCCCCCO[C@H]1CC[C@@]2(C)C(=CC[C@H]3[C@@H]4CC[C@H]([C@H](C)CCCC(C)C)[C@@]4(C)CC[C@@H]32)C1)N(C)C. The molecule has 4 nitrogen and oxygen atoms in total. The molecule has 0 aliphatic heterocycles. The number of ether oxygens (including phenoxy) is 3. The molecule has 1 unspecified atom stereocenters. The van der Waals surface area contributed by atoms with Crippen LogP contribution in [0.1, 0.15) is 235 Å². The van der Waals surface area contributed by atoms with Crippen molar-refractivity contribution < 1.29 is 14.2 Å². The molecule has 4 aliphatic rings. The lowest BCUT2D eigenvalue weighted by molar-refractivity contribution is -0.125. The number of hydrogen-bond donors (Lipinski definition) is 0. The Morgan fingerprint density at radius 1 is 0.661 bits per heavy atom. The maximum atomic E-state index is 6.61. The van der Waals surface area contributed by atoms with Crippen LogP contribution in [-0.4, -0.2) is 57.3 Å². The van der Waals surface area contributed by atoms with Crippen LogP contribution in [0.25, 0.3) is 0 Å². The van der Waals surface area contributed by atoms with Crippen LogP contribution in [0.2, 0.25) is 0 Å². The van der Waals surface area contributed by atoms with Gasteiger partial charge in [-0.3, -0.25) is 4.90 Å². The lowest BCUT2D eigenvalue weighted by Gasteiger charge is -2.58. The van der Waals surface area contributed by atoms with E-state index in [9.17, 15) is 0 Å². The third-order valence-electron chi connectivity index (χ3n) is 17.1. The van der Waals surface area contributed by atoms with Crippen molar-refractivity contribution in [3.63, 3.8) is 0 Å². The van der Waals surface area contributed by atoms with Crippen LogP contribution in [-0.2, 0) is 14.2 Å². The van der Waals surface area contributed by atoms with Crippen LogP contribution in [0.3, 0.4) is 0 Å². The fourth-order valence-electron chi connectivity index (χ4n) is 13.3. The minimum absolute atomic E-state index is 0.0267. The van der Waals surface area contributed by atoms with E-state index < -0.39 is 0 Å². The number of likely N-dealkylation sites (N-methyl/N-ethyl adjacent to an activating group) is 1. The van der Waals surface area contributed by atoms with Gasteiger partial charge in [-0.25, -0.2) is 0 Å². The van der Waals surface area contributed by atoms with Gasteiger partial charge in [0.2, 0.25) is 0 Å². The Labute approximate surface area is 387 Å². The van der Waals surface area contributed by atoms with E-state index in [1.165, 1.54) is 167 Å². The maximum Gasteiger partial charge on any atom is 0.136 e. The Bertz CT molecular complexity index is 1250. The minimum Gasteiger partial charge on any atom is -0.378 e. The quantitative estimate of drug-likeness (QED) is 0.0366. The molecule has 0 bridgehead atoms. The summed E-state index contributed by atoms with van der Waals surface area (Å²) in [7, 11) is 4.23. The molecular weight excluding hydrogens is 759 g/mol. The average Bonchev–Trinajstić information content (AvgIpc) is 3.61. The van der Waals surface area contributed by atoms with Crippen LogP contribution in [0.15, 0.2) is 36.0 Å². The van der Waals surface area contributed by atoms with E-state index >= 15 is 0 Å². The first-order valence-electron chi connectivity index (χ1n) is 27.5. The van der Waals surface area contributed by atoms with Crippen molar-refractivity contribution in [1.29, 1.82) is 0 Å². The summed E-state index contributed by atoms with van der Waals surface area (Å²) in [6.45, 7) is 19.9. The van der Waals surface area contributed by atoms with Crippen LogP contribution in [0.4, 0.5) is 0 Å². The number of hydrogen-bond acceptors (Lipinski definition) is 4. The van der Waals surface area contributed by atoms with Crippen molar-refractivity contribution in [3.05, 3.63) is 36.0 Å². The van der Waals surface area contributed by atoms with Crippen LogP contribution >= 0.6 is 0 Å². The summed E-state index contributed by atoms with van der Waals surface area (Å²) < 4.78 is 19.2. The number of allylic oxidation sites excluding steroid dienone is 5. The van der Waals surface area contributed by atoms with Gasteiger partial charge in [0.25, 0.3) is 0 Å². The van der Waals surface area contributed by atoms with Crippen molar-refractivity contribution in [2.24, 2.45) is 46.3 Å². The lowest BCUT2D eigenvalue weighted by atomic mass is 9.47. The highest BCUT2D eigenvalue weighted by Gasteiger charge is 2.59. The van der Waals surface area contributed by atoms with Gasteiger partial charge in [-0.1, -0.05) is 161 Å². The molecule has 0 aromatic carbocycles. The highest BCUT2D eigenvalue weighted by molar-refractivity contribution is 5.25. The van der Waals surface area contributed by atoms with Crippen molar-refractivity contribution in [3.8, 4) is 0 Å². The molecule has 0 radical (unpaired) electrons. The van der Waals surface area contributed by atoms with Crippen LogP contribution in [0.5, 0.6) is 0 Å². The number of nitrogens with zero attached hydrogens (tertiary/aromatic N) is 1. The molecule has 4 heteroatoms. The molecular formula is C58H105NO3. The summed E-state index contributed by atoms with van der Waals surface area (Å²) in [5.74, 6) is 5.48. The standard InChI is InChI=1S/C58H105NO3/c1-10-11-12-13-14-15-16-17-18-19-20-21-22-23-28-31-45-62-56(59(8)9)49(5)60-43-29-26-24-25-27-30-44-61-51-39-41-57(6)50(46-51)35-36-52-54-38-37-53(48(4)34-32-33-47(2)3)58(54,7)42-40-55(52)57/h14-15,17-18,35,47-49,51-56H,10-13,16,19-34,36-46H2,1-9H3/b15-14-,18-17-/t48-,49-,51+,52+,53-,54+,55+,56?,57+,58-/m1/s1. The van der Waals surface area contributed by atoms with E-state index in [0.29, 0.717) is 16.9 Å². The molecule has 0 spiro atoms. The smallest absolute Gasteiger partial charge is 0.136 e. The molecule has 3 saturated carbocycles. The van der Waals surface area contributed by atoms with Crippen molar-refractivity contribution in [2.45, 2.75) is 253 Å². The third-order valence-corrected chi connectivity index (χ3v) is 17.1. The van der Waals surface area contributed by atoms with E-state index in [-0.39, 0.29) is 12.3 Å². The average molecular weight is 864 g/mol. The second-order valence-electron chi connectivity index (χ2n) is 22.5. The summed E-state index contributed by atoms with van der Waals surface area (Å²) in [5.41, 5.74) is 2.79. The van der Waals surface area contributed by atoms with E-state index in [1.807, 2.05) is 0 Å². The molecule has 0 heterocycles. The molecule has 0 aromatic rings. The largest absolute Gasteiger partial charge is 0.378 e. The molecule has 3 fully saturated rings. The third kappa shape index (κ3) is 17.4. The Morgan fingerprint density at radius 3 is 1.95 bits per heavy atom. The van der Waals surface area contributed by atoms with Gasteiger partial charge < -0.3 is 14.2 Å². The van der Waals surface area contributed by atoms with E-state index in [1.54, 1.807) is 5.57 Å². The Hall–Kier alpha value is -0.940. The first kappa shape index (κ1) is 53.7. The van der Waals surface area contributed by atoms with Gasteiger partial charge >= 0.3 is 0 Å². The molecule has 360 valence electrons. The van der Waals surface area contributed by atoms with Gasteiger partial charge in [-0.15, -0.1) is 0 Å². The number of unbranched alkanes of at least 4 members (excludes halogenated alkanes) is 14. The molecule has 4 aliphatic carbocycles. The van der Waals surface area contributed by atoms with E-state index in [0.717, 1.165) is 74.6 Å². The van der Waals surface area contributed by atoms with Crippen molar-refractivity contribution >= 4 is 0 Å². The van der Waals surface area contributed by atoms with Crippen LogP contribution < -0.4 is 0 Å². The summed E-state index contributed by atoms with van der Waals surface area (Å²) in [5, 5.41) is 0. The molecule has 0 N–H and O–H groups in total. The zero-order valence-corrected chi connectivity index (χ0v) is 42.9. The maximum absolute atomic E-state index is 6.61. The molecule has 10 atom stereocenters. The highest BCUT2D eigenvalue weighted by atomic mass is 16.5. The fraction of sp³-hybridized carbons (Fsp3) is 0.897. The van der Waals surface area contributed by atoms with Crippen molar-refractivity contribution in [1.82, 2.24) is 4.90 Å². The Morgan fingerprint density at radius 2 is 1.29 bits per heavy atom. The predicted molar refractivity (Wildman–Crippen MR) is 269 cm³/mol. The summed E-state index contributed by atoms with van der Waals surface area (Å²) >= 11 is 0. The normalized spacial score (nSPS) is 29.0. The number of rotatable bonds is 34. The van der Waals surface area contributed by atoms with E-state index in [4.69, 9.17) is 14.2 Å². The molecule has 0 amide bonds. The summed E-state index contributed by atoms with van der Waals surface area (Å²) in [4.78, 5) is 2.18. The molecule has 0 saturated heterocycles. The molecule has 4 rings (SSSR count). The van der Waals surface area contributed by atoms with Gasteiger partial charge in [-0.05, 0) is 170 Å². The second-order valence-corrected chi connectivity index (χ2v) is 22.5. The summed E-state index contributed by atoms with van der Waals surface area (Å²) in [6.07, 6.45) is 50.9.